The zero-order chi connectivity index (χ0) is 21.3. The van der Waals surface area contributed by atoms with Gasteiger partial charge in [0, 0.05) is 45.7 Å². The summed E-state index contributed by atoms with van der Waals surface area (Å²) in [6, 6.07) is 0. The van der Waals surface area contributed by atoms with Gasteiger partial charge in [-0.25, -0.2) is 0 Å². The maximum absolute atomic E-state index is 12.4. The highest BCUT2D eigenvalue weighted by Crippen LogP contribution is 2.09. The summed E-state index contributed by atoms with van der Waals surface area (Å²) >= 11 is 0. The molecule has 9 nitrogen and oxygen atoms in total. The van der Waals surface area contributed by atoms with E-state index in [-0.39, 0.29) is 43.6 Å². The van der Waals surface area contributed by atoms with Crippen LogP contribution in [0.15, 0.2) is 0 Å². The van der Waals surface area contributed by atoms with Crippen LogP contribution >= 0.6 is 0 Å². The van der Waals surface area contributed by atoms with Crippen LogP contribution in [0.2, 0.25) is 0 Å². The average molecular weight is 399 g/mol. The molecule has 1 aliphatic heterocycles. The van der Waals surface area contributed by atoms with Crippen molar-refractivity contribution in [3.8, 4) is 0 Å². The van der Waals surface area contributed by atoms with Crippen molar-refractivity contribution in [1.29, 1.82) is 0 Å². The Morgan fingerprint density at radius 1 is 0.857 bits per heavy atom. The van der Waals surface area contributed by atoms with E-state index < -0.39 is 11.6 Å². The summed E-state index contributed by atoms with van der Waals surface area (Å²) in [5.74, 6) is -1.55. The van der Waals surface area contributed by atoms with Gasteiger partial charge in [0.2, 0.25) is 5.91 Å². The Morgan fingerprint density at radius 3 is 1.82 bits per heavy atom. The summed E-state index contributed by atoms with van der Waals surface area (Å²) in [5.41, 5.74) is -0.573. The van der Waals surface area contributed by atoms with Gasteiger partial charge in [0.25, 0.3) is 0 Å². The van der Waals surface area contributed by atoms with Crippen LogP contribution in [0.4, 0.5) is 0 Å². The number of hydrogen-bond donors (Lipinski definition) is 1. The lowest BCUT2D eigenvalue weighted by Crippen LogP contribution is -2.42. The monoisotopic (exact) mass is 399 g/mol. The molecule has 0 unspecified atom stereocenters. The number of hydrogen-bond acceptors (Lipinski definition) is 7. The third kappa shape index (κ3) is 10.4. The molecular weight excluding hydrogens is 366 g/mol. The van der Waals surface area contributed by atoms with Gasteiger partial charge in [-0.05, 0) is 27.7 Å². The van der Waals surface area contributed by atoms with Crippen molar-refractivity contribution in [1.82, 2.24) is 14.7 Å². The van der Waals surface area contributed by atoms with Crippen LogP contribution in [0, 0.1) is 0 Å². The highest BCUT2D eigenvalue weighted by atomic mass is 16.6. The highest BCUT2D eigenvalue weighted by Gasteiger charge is 2.23. The zero-order valence-electron chi connectivity index (χ0n) is 17.4. The molecule has 1 heterocycles. The Hall–Kier alpha value is -2.00. The number of ether oxygens (including phenoxy) is 1. The van der Waals surface area contributed by atoms with E-state index in [1.807, 2.05) is 9.80 Å². The fourth-order valence-electron chi connectivity index (χ4n) is 2.95. The first-order valence-electron chi connectivity index (χ1n) is 9.62. The first-order valence-corrected chi connectivity index (χ1v) is 9.62. The van der Waals surface area contributed by atoms with Gasteiger partial charge in [0.15, 0.2) is 0 Å². The van der Waals surface area contributed by atoms with E-state index in [0.717, 1.165) is 0 Å². The quantitative estimate of drug-likeness (QED) is 0.606. The molecule has 160 valence electrons. The number of amides is 1. The Labute approximate surface area is 166 Å². The lowest BCUT2D eigenvalue weighted by atomic mass is 10.2. The maximum Gasteiger partial charge on any atom is 0.320 e. The van der Waals surface area contributed by atoms with Gasteiger partial charge >= 0.3 is 11.9 Å². The number of esters is 1. The second-order valence-electron chi connectivity index (χ2n) is 8.12. The Kier molecular flexibility index (Phi) is 9.54. The predicted octanol–water partition coefficient (Wildman–Crippen LogP) is 0.228. The van der Waals surface area contributed by atoms with Crippen LogP contribution in [0.25, 0.3) is 0 Å². The van der Waals surface area contributed by atoms with E-state index in [1.54, 1.807) is 25.7 Å². The smallest absolute Gasteiger partial charge is 0.320 e. The molecule has 0 saturated carbocycles. The lowest BCUT2D eigenvalue weighted by Gasteiger charge is -2.27. The van der Waals surface area contributed by atoms with E-state index >= 15 is 0 Å². The Balaban J connectivity index is 2.79. The van der Waals surface area contributed by atoms with E-state index in [2.05, 4.69) is 0 Å². The molecule has 1 N–H and O–H groups in total. The van der Waals surface area contributed by atoms with Crippen LogP contribution in [0.3, 0.4) is 0 Å². The fraction of sp³-hybridized carbons (Fsp3) is 0.789. The van der Waals surface area contributed by atoms with Gasteiger partial charge in [-0.3, -0.25) is 29.0 Å². The van der Waals surface area contributed by atoms with Crippen molar-refractivity contribution in [3.05, 3.63) is 0 Å². The van der Waals surface area contributed by atoms with E-state index in [0.29, 0.717) is 39.3 Å². The van der Waals surface area contributed by atoms with Crippen LogP contribution in [0.1, 0.15) is 40.5 Å². The van der Waals surface area contributed by atoms with Crippen molar-refractivity contribution in [2.45, 2.75) is 46.1 Å². The number of carboxylic acids is 1. The second-order valence-corrected chi connectivity index (χ2v) is 8.12. The van der Waals surface area contributed by atoms with Gasteiger partial charge in [0.1, 0.15) is 11.4 Å². The van der Waals surface area contributed by atoms with E-state index in [9.17, 15) is 19.2 Å². The molecule has 0 spiro atoms. The maximum atomic E-state index is 12.4. The standard InChI is InChI=1S/C19H33N3O6/c1-15(23)13-20-7-8-21(14-18(27)28-19(2,3)4)10-12-22(11-9-20)16(24)5-6-17(25)26/h5-14H2,1-4H3,(H,25,26). The molecule has 0 aliphatic carbocycles. The average Bonchev–Trinajstić information content (AvgIpc) is 2.62. The molecule has 0 aromatic heterocycles. The minimum absolute atomic E-state index is 0.0293. The van der Waals surface area contributed by atoms with Crippen molar-refractivity contribution < 1.29 is 29.0 Å². The summed E-state index contributed by atoms with van der Waals surface area (Å²) in [6.07, 6.45) is -0.276. The van der Waals surface area contributed by atoms with Crippen LogP contribution in [0.5, 0.6) is 0 Å². The van der Waals surface area contributed by atoms with Crippen LogP contribution in [-0.2, 0) is 23.9 Å². The van der Waals surface area contributed by atoms with Gasteiger partial charge in [-0.15, -0.1) is 0 Å². The Morgan fingerprint density at radius 2 is 1.36 bits per heavy atom. The molecular formula is C19H33N3O6. The third-order valence-electron chi connectivity index (χ3n) is 4.23. The molecule has 1 amide bonds. The lowest BCUT2D eigenvalue weighted by molar-refractivity contribution is -0.156. The number of rotatable bonds is 7. The van der Waals surface area contributed by atoms with Crippen LogP contribution in [-0.4, -0.2) is 101 Å². The van der Waals surface area contributed by atoms with Gasteiger partial charge < -0.3 is 14.7 Å². The largest absolute Gasteiger partial charge is 0.481 e. The number of carbonyl (C=O) groups excluding carboxylic acids is 3. The molecule has 1 saturated heterocycles. The molecule has 1 rings (SSSR count). The molecule has 0 aromatic carbocycles. The number of aliphatic carboxylic acids is 1. The second kappa shape index (κ2) is 11.1. The third-order valence-corrected chi connectivity index (χ3v) is 4.23. The molecule has 0 aromatic rings. The van der Waals surface area contributed by atoms with Crippen molar-refractivity contribution in [2.75, 3.05) is 52.4 Å². The molecule has 28 heavy (non-hydrogen) atoms. The van der Waals surface area contributed by atoms with Gasteiger partial charge in [0.05, 0.1) is 19.5 Å². The fourth-order valence-corrected chi connectivity index (χ4v) is 2.95. The molecule has 0 atom stereocenters. The zero-order valence-corrected chi connectivity index (χ0v) is 17.4. The first kappa shape index (κ1) is 24.0. The molecule has 9 heteroatoms. The Bertz CT molecular complexity index is 573. The summed E-state index contributed by atoms with van der Waals surface area (Å²) in [7, 11) is 0. The molecule has 0 radical (unpaired) electrons. The normalized spacial score (nSPS) is 17.4. The minimum atomic E-state index is -1.01. The SMILES string of the molecule is CC(=O)CN1CCN(CC(=O)OC(C)(C)C)CCN(C(=O)CCC(=O)O)CC1. The highest BCUT2D eigenvalue weighted by molar-refractivity contribution is 5.81. The van der Waals surface area contributed by atoms with Gasteiger partial charge in [-0.1, -0.05) is 0 Å². The van der Waals surface area contributed by atoms with Crippen LogP contribution < -0.4 is 0 Å². The summed E-state index contributed by atoms with van der Waals surface area (Å²) in [6.45, 7) is 10.3. The number of carbonyl (C=O) groups is 4. The predicted molar refractivity (Wildman–Crippen MR) is 103 cm³/mol. The number of ketones is 1. The topological polar surface area (TPSA) is 107 Å². The summed E-state index contributed by atoms with van der Waals surface area (Å²) in [4.78, 5) is 52.3. The summed E-state index contributed by atoms with van der Waals surface area (Å²) in [5, 5.41) is 8.81. The van der Waals surface area contributed by atoms with Crippen molar-refractivity contribution in [3.63, 3.8) is 0 Å². The number of carboxylic acid groups (broad SMARTS) is 1. The van der Waals surface area contributed by atoms with E-state index in [1.165, 1.54) is 6.92 Å². The number of nitrogens with zero attached hydrogens (tertiary/aromatic N) is 3. The van der Waals surface area contributed by atoms with Crippen molar-refractivity contribution >= 4 is 23.6 Å². The summed E-state index contributed by atoms with van der Waals surface area (Å²) < 4.78 is 5.38. The first-order chi connectivity index (χ1) is 13.0. The van der Waals surface area contributed by atoms with E-state index in [4.69, 9.17) is 9.84 Å². The number of Topliss-reactive ketones (excluding diaryl/α,β-unsaturated/α-hetero) is 1. The molecule has 0 bridgehead atoms. The molecule has 1 fully saturated rings. The minimum Gasteiger partial charge on any atom is -0.481 e. The molecule has 1 aliphatic rings. The van der Waals surface area contributed by atoms with Crippen molar-refractivity contribution in [2.24, 2.45) is 0 Å². The van der Waals surface area contributed by atoms with Gasteiger partial charge in [-0.2, -0.15) is 0 Å².